The lowest BCUT2D eigenvalue weighted by Crippen LogP contribution is -2.45. The molecule has 1 fully saturated rings. The van der Waals surface area contributed by atoms with Crippen molar-refractivity contribution >= 4 is 11.7 Å². The molecule has 0 heterocycles. The summed E-state index contributed by atoms with van der Waals surface area (Å²) in [5.41, 5.74) is 5.50. The van der Waals surface area contributed by atoms with Crippen molar-refractivity contribution in [2.75, 3.05) is 13.2 Å². The minimum atomic E-state index is -0.605. The molecule has 0 aromatic heterocycles. The zero-order valence-electron chi connectivity index (χ0n) is 14.5. The predicted molar refractivity (Wildman–Crippen MR) is 93.7 cm³/mol. The first-order valence-corrected chi connectivity index (χ1v) is 9.02. The van der Waals surface area contributed by atoms with Gasteiger partial charge in [-0.2, -0.15) is 0 Å². The monoisotopic (exact) mass is 350 g/mol. The number of carbonyl (C=O) groups is 2. The summed E-state index contributed by atoms with van der Waals surface area (Å²) in [4.78, 5) is 24.8. The summed E-state index contributed by atoms with van der Waals surface area (Å²) in [7, 11) is 0. The number of hydrogen-bond acceptors (Lipinski definition) is 4. The molecule has 1 saturated carbocycles. The summed E-state index contributed by atoms with van der Waals surface area (Å²) in [6.45, 7) is 0.280. The van der Waals surface area contributed by atoms with E-state index >= 15 is 0 Å². The zero-order valence-corrected chi connectivity index (χ0v) is 14.5. The van der Waals surface area contributed by atoms with E-state index in [1.807, 2.05) is 0 Å². The maximum atomic E-state index is 13.6. The van der Waals surface area contributed by atoms with Crippen molar-refractivity contribution in [2.45, 2.75) is 51.0 Å². The van der Waals surface area contributed by atoms with Crippen molar-refractivity contribution in [1.82, 2.24) is 5.32 Å². The molecular weight excluding hydrogens is 323 g/mol. The van der Waals surface area contributed by atoms with Crippen LogP contribution >= 0.6 is 0 Å². The van der Waals surface area contributed by atoms with Gasteiger partial charge in [0.2, 0.25) is 5.91 Å². The third kappa shape index (κ3) is 6.12. The molecule has 2 rings (SSSR count). The third-order valence-electron chi connectivity index (χ3n) is 4.58. The van der Waals surface area contributed by atoms with E-state index in [0.29, 0.717) is 13.0 Å². The Morgan fingerprint density at radius 1 is 1.24 bits per heavy atom. The van der Waals surface area contributed by atoms with Gasteiger partial charge in [-0.3, -0.25) is 9.59 Å². The molecule has 0 aliphatic heterocycles. The number of ether oxygens (including phenoxy) is 1. The van der Waals surface area contributed by atoms with E-state index in [4.69, 9.17) is 10.5 Å². The number of ketones is 1. The molecule has 1 atom stereocenters. The maximum absolute atomic E-state index is 13.6. The molecule has 0 unspecified atom stereocenters. The average molecular weight is 350 g/mol. The minimum Gasteiger partial charge on any atom is -0.483 e. The van der Waals surface area contributed by atoms with Crippen LogP contribution in [0.2, 0.25) is 0 Å². The Labute approximate surface area is 148 Å². The standard InChI is InChI=1S/C19H27FN2O3/c20-15-9-3-4-11-18(15)25-13-17(23)16(10-5-6-12-21)22-19(24)14-7-1-2-8-14/h3-4,9,11,14,16H,1-2,5-8,10,12-13,21H2,(H,22,24)/t16-/m0/s1. The molecule has 0 radical (unpaired) electrons. The smallest absolute Gasteiger partial charge is 0.223 e. The first kappa shape index (κ1) is 19.4. The molecule has 1 aromatic rings. The Hall–Kier alpha value is -1.95. The number of nitrogens with two attached hydrogens (primary N) is 1. The highest BCUT2D eigenvalue weighted by molar-refractivity contribution is 5.90. The molecule has 1 aromatic carbocycles. The molecule has 5 nitrogen and oxygen atoms in total. The van der Waals surface area contributed by atoms with Crippen LogP contribution in [0.25, 0.3) is 0 Å². The number of para-hydroxylation sites is 1. The summed E-state index contributed by atoms with van der Waals surface area (Å²) in [6, 6.07) is 5.35. The van der Waals surface area contributed by atoms with Gasteiger partial charge in [0.1, 0.15) is 6.61 Å². The van der Waals surface area contributed by atoms with Crippen LogP contribution in [0.1, 0.15) is 44.9 Å². The number of unbranched alkanes of at least 4 members (excludes halogenated alkanes) is 1. The molecule has 6 heteroatoms. The van der Waals surface area contributed by atoms with Gasteiger partial charge in [-0.15, -0.1) is 0 Å². The van der Waals surface area contributed by atoms with Crippen LogP contribution in [-0.2, 0) is 9.59 Å². The topological polar surface area (TPSA) is 81.4 Å². The van der Waals surface area contributed by atoms with Gasteiger partial charge in [0.25, 0.3) is 0 Å². The molecular formula is C19H27FN2O3. The summed E-state index contributed by atoms with van der Waals surface area (Å²) >= 11 is 0. The molecule has 1 aliphatic carbocycles. The Morgan fingerprint density at radius 3 is 2.64 bits per heavy atom. The average Bonchev–Trinajstić information content (AvgIpc) is 3.15. The lowest BCUT2D eigenvalue weighted by Gasteiger charge is -2.20. The summed E-state index contributed by atoms with van der Waals surface area (Å²) in [5.74, 6) is -0.776. The van der Waals surface area contributed by atoms with Crippen molar-refractivity contribution in [3.05, 3.63) is 30.1 Å². The van der Waals surface area contributed by atoms with Crippen LogP contribution in [0.4, 0.5) is 4.39 Å². The number of halogens is 1. The summed E-state index contributed by atoms with van der Waals surface area (Å²) in [5, 5.41) is 2.87. The minimum absolute atomic E-state index is 0.00250. The molecule has 0 spiro atoms. The Kier molecular flexibility index (Phi) is 7.85. The molecule has 138 valence electrons. The molecule has 1 amide bonds. The lowest BCUT2D eigenvalue weighted by molar-refractivity contribution is -0.131. The van der Waals surface area contributed by atoms with Crippen LogP contribution in [0.3, 0.4) is 0 Å². The molecule has 1 aliphatic rings. The van der Waals surface area contributed by atoms with E-state index in [-0.39, 0.29) is 30.0 Å². The first-order chi connectivity index (χ1) is 12.1. The number of nitrogens with one attached hydrogen (secondary N) is 1. The molecule has 0 bridgehead atoms. The number of carbonyl (C=O) groups excluding carboxylic acids is 2. The number of hydrogen-bond donors (Lipinski definition) is 2. The Balaban J connectivity index is 1.91. The van der Waals surface area contributed by atoms with Gasteiger partial charge in [-0.05, 0) is 50.8 Å². The van der Waals surface area contributed by atoms with Crippen LogP contribution in [0, 0.1) is 11.7 Å². The van der Waals surface area contributed by atoms with E-state index in [0.717, 1.165) is 38.5 Å². The SMILES string of the molecule is NCCCC[C@H](NC(=O)C1CCCC1)C(=O)COc1ccccc1F. The number of benzene rings is 1. The van der Waals surface area contributed by atoms with Crippen molar-refractivity contribution in [3.63, 3.8) is 0 Å². The van der Waals surface area contributed by atoms with Gasteiger partial charge in [-0.1, -0.05) is 25.0 Å². The van der Waals surface area contributed by atoms with Gasteiger partial charge in [0.05, 0.1) is 6.04 Å². The Morgan fingerprint density at radius 2 is 1.96 bits per heavy atom. The largest absolute Gasteiger partial charge is 0.483 e. The van der Waals surface area contributed by atoms with Gasteiger partial charge in [0, 0.05) is 5.92 Å². The molecule has 25 heavy (non-hydrogen) atoms. The van der Waals surface area contributed by atoms with Gasteiger partial charge >= 0.3 is 0 Å². The fourth-order valence-electron chi connectivity index (χ4n) is 3.10. The quantitative estimate of drug-likeness (QED) is 0.636. The van der Waals surface area contributed by atoms with Crippen molar-refractivity contribution < 1.29 is 18.7 Å². The highest BCUT2D eigenvalue weighted by atomic mass is 19.1. The number of amides is 1. The number of Topliss-reactive ketones (excluding diaryl/α,β-unsaturated/α-hetero) is 1. The number of rotatable bonds is 10. The second-order valence-corrected chi connectivity index (χ2v) is 6.51. The van der Waals surface area contributed by atoms with Crippen LogP contribution in [-0.4, -0.2) is 30.9 Å². The lowest BCUT2D eigenvalue weighted by atomic mass is 10.0. The third-order valence-corrected chi connectivity index (χ3v) is 4.58. The first-order valence-electron chi connectivity index (χ1n) is 9.02. The van der Waals surface area contributed by atoms with Gasteiger partial charge in [-0.25, -0.2) is 4.39 Å². The highest BCUT2D eigenvalue weighted by Crippen LogP contribution is 2.25. The normalized spacial score (nSPS) is 15.8. The maximum Gasteiger partial charge on any atom is 0.223 e. The molecule has 3 N–H and O–H groups in total. The van der Waals surface area contributed by atoms with Crippen molar-refractivity contribution in [3.8, 4) is 5.75 Å². The fourth-order valence-corrected chi connectivity index (χ4v) is 3.10. The Bertz CT molecular complexity index is 574. The predicted octanol–water partition coefficient (Wildman–Crippen LogP) is 2.58. The second-order valence-electron chi connectivity index (χ2n) is 6.51. The summed E-state index contributed by atoms with van der Waals surface area (Å²) in [6.07, 6.45) is 5.92. The van der Waals surface area contributed by atoms with E-state index in [1.165, 1.54) is 12.1 Å². The highest BCUT2D eigenvalue weighted by Gasteiger charge is 2.27. The van der Waals surface area contributed by atoms with E-state index in [1.54, 1.807) is 12.1 Å². The van der Waals surface area contributed by atoms with E-state index in [9.17, 15) is 14.0 Å². The fraction of sp³-hybridized carbons (Fsp3) is 0.579. The summed E-state index contributed by atoms with van der Waals surface area (Å²) < 4.78 is 18.9. The van der Waals surface area contributed by atoms with Crippen LogP contribution < -0.4 is 15.8 Å². The van der Waals surface area contributed by atoms with Crippen LogP contribution in [0.15, 0.2) is 24.3 Å². The second kappa shape index (κ2) is 10.1. The van der Waals surface area contributed by atoms with E-state index < -0.39 is 11.9 Å². The molecule has 0 saturated heterocycles. The zero-order chi connectivity index (χ0) is 18.1. The van der Waals surface area contributed by atoms with E-state index in [2.05, 4.69) is 5.32 Å². The van der Waals surface area contributed by atoms with Crippen molar-refractivity contribution in [1.29, 1.82) is 0 Å². The van der Waals surface area contributed by atoms with Gasteiger partial charge in [0.15, 0.2) is 17.3 Å². The van der Waals surface area contributed by atoms with Gasteiger partial charge < -0.3 is 15.8 Å². The van der Waals surface area contributed by atoms with Crippen molar-refractivity contribution in [2.24, 2.45) is 11.7 Å². The van der Waals surface area contributed by atoms with Crippen LogP contribution in [0.5, 0.6) is 5.75 Å².